The van der Waals surface area contributed by atoms with Crippen molar-refractivity contribution >= 4 is 5.97 Å². The molecule has 1 saturated heterocycles. The molecular formula is C16H20O4. The third kappa shape index (κ3) is 2.34. The van der Waals surface area contributed by atoms with Gasteiger partial charge < -0.3 is 14.6 Å². The highest BCUT2D eigenvalue weighted by atomic mass is 16.8. The van der Waals surface area contributed by atoms with E-state index in [4.69, 9.17) is 9.47 Å². The maximum absolute atomic E-state index is 11.5. The van der Waals surface area contributed by atoms with Crippen LogP contribution in [0.25, 0.3) is 0 Å². The van der Waals surface area contributed by atoms with Gasteiger partial charge in [0.15, 0.2) is 11.9 Å². The molecule has 0 amide bonds. The van der Waals surface area contributed by atoms with Crippen LogP contribution in [0.3, 0.4) is 0 Å². The summed E-state index contributed by atoms with van der Waals surface area (Å²) < 4.78 is 12.0. The molecule has 1 heterocycles. The van der Waals surface area contributed by atoms with E-state index in [-0.39, 0.29) is 0 Å². The van der Waals surface area contributed by atoms with Gasteiger partial charge in [-0.15, -0.1) is 0 Å². The smallest absolute Gasteiger partial charge is 0.336 e. The predicted octanol–water partition coefficient (Wildman–Crippen LogP) is 3.20. The van der Waals surface area contributed by atoms with Crippen molar-refractivity contribution in [3.05, 3.63) is 35.4 Å². The van der Waals surface area contributed by atoms with Crippen molar-refractivity contribution in [3.63, 3.8) is 0 Å². The summed E-state index contributed by atoms with van der Waals surface area (Å²) in [7, 11) is 0. The Balaban J connectivity index is 1.92. The first-order valence-electron chi connectivity index (χ1n) is 7.25. The van der Waals surface area contributed by atoms with Crippen LogP contribution < -0.4 is 0 Å². The van der Waals surface area contributed by atoms with Crippen molar-refractivity contribution in [1.29, 1.82) is 0 Å². The molecule has 1 aromatic carbocycles. The maximum atomic E-state index is 11.5. The number of carbonyl (C=O) groups is 1. The first kappa shape index (κ1) is 13.6. The van der Waals surface area contributed by atoms with Gasteiger partial charge in [-0.05, 0) is 30.9 Å². The lowest BCUT2D eigenvalue weighted by atomic mass is 9.94. The van der Waals surface area contributed by atoms with Gasteiger partial charge in [-0.3, -0.25) is 0 Å². The molecule has 20 heavy (non-hydrogen) atoms. The van der Waals surface area contributed by atoms with Crippen molar-refractivity contribution in [2.24, 2.45) is 0 Å². The summed E-state index contributed by atoms with van der Waals surface area (Å²) in [4.78, 5) is 11.5. The SMILES string of the molecule is Cc1ccccc1[C@H]1OC2(CCCCC2)O[C@@H]1C(=O)O. The van der Waals surface area contributed by atoms with E-state index in [1.165, 1.54) is 6.42 Å². The van der Waals surface area contributed by atoms with Gasteiger partial charge in [-0.1, -0.05) is 30.7 Å². The molecule has 0 bridgehead atoms. The quantitative estimate of drug-likeness (QED) is 0.901. The molecule has 0 radical (unpaired) electrons. The Morgan fingerprint density at radius 2 is 1.90 bits per heavy atom. The van der Waals surface area contributed by atoms with Gasteiger partial charge in [0, 0.05) is 12.8 Å². The van der Waals surface area contributed by atoms with Gasteiger partial charge >= 0.3 is 5.97 Å². The summed E-state index contributed by atoms with van der Waals surface area (Å²) in [5, 5.41) is 9.44. The van der Waals surface area contributed by atoms with Crippen LogP contribution in [0.5, 0.6) is 0 Å². The molecule has 1 aliphatic heterocycles. The first-order valence-corrected chi connectivity index (χ1v) is 7.25. The van der Waals surface area contributed by atoms with Crippen LogP contribution in [0, 0.1) is 6.92 Å². The van der Waals surface area contributed by atoms with Crippen molar-refractivity contribution in [1.82, 2.24) is 0 Å². The van der Waals surface area contributed by atoms with Crippen LogP contribution in [0.4, 0.5) is 0 Å². The lowest BCUT2D eigenvalue weighted by Gasteiger charge is -2.31. The molecule has 1 aliphatic carbocycles. The Bertz CT molecular complexity index is 505. The van der Waals surface area contributed by atoms with Gasteiger partial charge in [0.1, 0.15) is 6.10 Å². The number of ether oxygens (including phenoxy) is 2. The summed E-state index contributed by atoms with van der Waals surface area (Å²) >= 11 is 0. The molecule has 3 rings (SSSR count). The molecule has 108 valence electrons. The average molecular weight is 276 g/mol. The fourth-order valence-corrected chi connectivity index (χ4v) is 3.25. The molecule has 1 saturated carbocycles. The summed E-state index contributed by atoms with van der Waals surface area (Å²) in [6, 6.07) is 7.77. The first-order chi connectivity index (χ1) is 9.61. The van der Waals surface area contributed by atoms with Gasteiger partial charge in [-0.25, -0.2) is 4.79 Å². The second-order valence-corrected chi connectivity index (χ2v) is 5.74. The lowest BCUT2D eigenvalue weighted by molar-refractivity contribution is -0.199. The molecule has 4 heteroatoms. The Kier molecular flexibility index (Phi) is 3.52. The lowest BCUT2D eigenvalue weighted by Crippen LogP contribution is -2.34. The van der Waals surface area contributed by atoms with Crippen LogP contribution in [0.15, 0.2) is 24.3 Å². The highest BCUT2D eigenvalue weighted by Gasteiger charge is 2.51. The topological polar surface area (TPSA) is 55.8 Å². The fourth-order valence-electron chi connectivity index (χ4n) is 3.25. The molecule has 0 aromatic heterocycles. The second kappa shape index (κ2) is 5.19. The van der Waals surface area contributed by atoms with Gasteiger partial charge in [0.2, 0.25) is 0 Å². The van der Waals surface area contributed by atoms with Crippen molar-refractivity contribution in [2.45, 2.75) is 57.0 Å². The molecule has 0 unspecified atom stereocenters. The van der Waals surface area contributed by atoms with E-state index in [1.807, 2.05) is 31.2 Å². The van der Waals surface area contributed by atoms with Crippen LogP contribution in [0.1, 0.15) is 49.3 Å². The molecule has 2 fully saturated rings. The Morgan fingerprint density at radius 1 is 1.20 bits per heavy atom. The van der Waals surface area contributed by atoms with Crippen LogP contribution in [-0.4, -0.2) is 23.0 Å². The van der Waals surface area contributed by atoms with E-state index in [9.17, 15) is 9.90 Å². The summed E-state index contributed by atoms with van der Waals surface area (Å²) in [6.45, 7) is 1.98. The number of hydrogen-bond acceptors (Lipinski definition) is 3. The molecule has 2 atom stereocenters. The van der Waals surface area contributed by atoms with E-state index in [2.05, 4.69) is 0 Å². The number of aryl methyl sites for hydroxylation is 1. The minimum absolute atomic E-state index is 0.508. The highest BCUT2D eigenvalue weighted by Crippen LogP contribution is 2.46. The van der Waals surface area contributed by atoms with Gasteiger partial charge in [-0.2, -0.15) is 0 Å². The molecule has 1 spiro atoms. The van der Waals surface area contributed by atoms with E-state index >= 15 is 0 Å². The van der Waals surface area contributed by atoms with Gasteiger partial charge in [0.25, 0.3) is 0 Å². The number of hydrogen-bond donors (Lipinski definition) is 1. The summed E-state index contributed by atoms with van der Waals surface area (Å²) in [6.07, 6.45) is 3.40. The number of carboxylic acids is 1. The Labute approximate surface area is 118 Å². The second-order valence-electron chi connectivity index (χ2n) is 5.74. The van der Waals surface area contributed by atoms with E-state index in [1.54, 1.807) is 0 Å². The highest BCUT2D eigenvalue weighted by molar-refractivity contribution is 5.74. The molecule has 1 N–H and O–H groups in total. The van der Waals surface area contributed by atoms with Crippen molar-refractivity contribution in [2.75, 3.05) is 0 Å². The zero-order valence-corrected chi connectivity index (χ0v) is 11.7. The molecule has 4 nitrogen and oxygen atoms in total. The van der Waals surface area contributed by atoms with E-state index in [0.29, 0.717) is 0 Å². The molecule has 2 aliphatic rings. The largest absolute Gasteiger partial charge is 0.479 e. The number of benzene rings is 1. The maximum Gasteiger partial charge on any atom is 0.336 e. The van der Waals surface area contributed by atoms with Crippen LogP contribution >= 0.6 is 0 Å². The van der Waals surface area contributed by atoms with Crippen molar-refractivity contribution in [3.8, 4) is 0 Å². The average Bonchev–Trinajstić information content (AvgIpc) is 2.79. The predicted molar refractivity (Wildman–Crippen MR) is 73.3 cm³/mol. The Morgan fingerprint density at radius 3 is 2.55 bits per heavy atom. The minimum Gasteiger partial charge on any atom is -0.479 e. The van der Waals surface area contributed by atoms with Crippen molar-refractivity contribution < 1.29 is 19.4 Å². The molecular weight excluding hydrogens is 256 g/mol. The zero-order chi connectivity index (χ0) is 14.2. The summed E-state index contributed by atoms with van der Waals surface area (Å²) in [5.41, 5.74) is 1.96. The molecule has 1 aromatic rings. The minimum atomic E-state index is -0.944. The third-order valence-corrected chi connectivity index (χ3v) is 4.31. The van der Waals surface area contributed by atoms with E-state index < -0.39 is 24.0 Å². The van der Waals surface area contributed by atoms with Crippen LogP contribution in [0.2, 0.25) is 0 Å². The standard InChI is InChI=1S/C16H20O4/c1-11-7-3-4-8-12(11)13-14(15(17)18)20-16(19-13)9-5-2-6-10-16/h3-4,7-8,13-14H,2,5-6,9-10H2,1H3,(H,17,18)/t13-,14+/m1/s1. The fraction of sp³-hybridized carbons (Fsp3) is 0.562. The Hall–Kier alpha value is -1.39. The third-order valence-electron chi connectivity index (χ3n) is 4.31. The number of aliphatic carboxylic acids is 1. The number of rotatable bonds is 2. The van der Waals surface area contributed by atoms with Gasteiger partial charge in [0.05, 0.1) is 0 Å². The summed E-state index contributed by atoms with van der Waals surface area (Å²) in [5.74, 6) is -1.63. The monoisotopic (exact) mass is 276 g/mol. The zero-order valence-electron chi connectivity index (χ0n) is 11.7. The number of carboxylic acid groups (broad SMARTS) is 1. The van der Waals surface area contributed by atoms with E-state index in [0.717, 1.165) is 36.8 Å². The van der Waals surface area contributed by atoms with Crippen LogP contribution in [-0.2, 0) is 14.3 Å². The normalized spacial score (nSPS) is 28.6.